The second-order valence-electron chi connectivity index (χ2n) is 9.27. The number of nitrogens with one attached hydrogen (secondary N) is 1. The van der Waals surface area contributed by atoms with Crippen LogP contribution in [0.4, 0.5) is 13.2 Å². The van der Waals surface area contributed by atoms with Gasteiger partial charge >= 0.3 is 6.18 Å². The Labute approximate surface area is 209 Å². The fourth-order valence-electron chi connectivity index (χ4n) is 4.53. The number of benzene rings is 1. The number of hydrogen-bond acceptors (Lipinski definition) is 5. The number of halogens is 3. The zero-order chi connectivity index (χ0) is 25.4. The summed E-state index contributed by atoms with van der Waals surface area (Å²) >= 11 is 0. The van der Waals surface area contributed by atoms with Crippen molar-refractivity contribution in [3.05, 3.63) is 65.4 Å². The van der Waals surface area contributed by atoms with Crippen LogP contribution >= 0.6 is 0 Å². The van der Waals surface area contributed by atoms with Crippen LogP contribution in [0.5, 0.6) is 5.88 Å². The maximum absolute atomic E-state index is 12.4. The molecule has 4 rings (SSSR count). The van der Waals surface area contributed by atoms with Gasteiger partial charge in [0, 0.05) is 43.9 Å². The summed E-state index contributed by atoms with van der Waals surface area (Å²) < 4.78 is 48.1. The van der Waals surface area contributed by atoms with Gasteiger partial charge in [-0.05, 0) is 42.9 Å². The van der Waals surface area contributed by atoms with E-state index in [0.29, 0.717) is 13.0 Å². The molecule has 9 heteroatoms. The first-order valence-electron chi connectivity index (χ1n) is 12.4. The molecule has 3 heterocycles. The Hall–Kier alpha value is -2.91. The third-order valence-electron chi connectivity index (χ3n) is 6.50. The monoisotopic (exact) mass is 503 g/mol. The molecule has 0 spiro atoms. The summed E-state index contributed by atoms with van der Waals surface area (Å²) in [7, 11) is 0. The van der Waals surface area contributed by atoms with Gasteiger partial charge in [0.15, 0.2) is 6.61 Å². The van der Waals surface area contributed by atoms with Gasteiger partial charge in [0.2, 0.25) is 11.8 Å². The highest BCUT2D eigenvalue weighted by molar-refractivity contribution is 5.91. The molecule has 2 aromatic rings. The summed E-state index contributed by atoms with van der Waals surface area (Å²) in [6, 6.07) is 13.1. The summed E-state index contributed by atoms with van der Waals surface area (Å²) in [5, 5.41) is 3.01. The van der Waals surface area contributed by atoms with Crippen LogP contribution in [-0.2, 0) is 22.4 Å². The van der Waals surface area contributed by atoms with Crippen LogP contribution in [-0.4, -0.2) is 67.0 Å². The van der Waals surface area contributed by atoms with Crippen molar-refractivity contribution < 1.29 is 27.4 Å². The molecule has 194 valence electrons. The predicted octanol–water partition coefficient (Wildman–Crippen LogP) is 4.19. The number of pyridine rings is 1. The molecule has 2 aliphatic heterocycles. The minimum absolute atomic E-state index is 0.0155. The van der Waals surface area contributed by atoms with E-state index in [1.54, 1.807) is 12.2 Å². The van der Waals surface area contributed by atoms with Gasteiger partial charge in [-0.2, -0.15) is 13.2 Å². The Morgan fingerprint density at radius 3 is 2.69 bits per heavy atom. The van der Waals surface area contributed by atoms with Crippen LogP contribution in [0.2, 0.25) is 0 Å². The SMILES string of the molecule is O=C(/C=C/c1ccccc1)N[C@H]1CC[C@H](CCN2CCc3ccc(OCC(F)(F)F)nc3CC2)OC1. The normalized spacial score (nSPS) is 21.1. The Bertz CT molecular complexity index is 1020. The fraction of sp³-hybridized carbons (Fsp3) is 0.481. The van der Waals surface area contributed by atoms with E-state index in [1.165, 1.54) is 6.07 Å². The zero-order valence-electron chi connectivity index (χ0n) is 20.2. The van der Waals surface area contributed by atoms with Gasteiger partial charge in [-0.3, -0.25) is 4.79 Å². The molecule has 1 aromatic heterocycles. The Morgan fingerprint density at radius 2 is 1.94 bits per heavy atom. The highest BCUT2D eigenvalue weighted by Gasteiger charge is 2.29. The van der Waals surface area contributed by atoms with E-state index in [1.807, 2.05) is 36.4 Å². The van der Waals surface area contributed by atoms with Crippen molar-refractivity contribution in [2.75, 3.05) is 32.8 Å². The van der Waals surface area contributed by atoms with E-state index in [4.69, 9.17) is 9.47 Å². The topological polar surface area (TPSA) is 63.7 Å². The zero-order valence-corrected chi connectivity index (χ0v) is 20.2. The number of nitrogens with zero attached hydrogens (tertiary/aromatic N) is 2. The quantitative estimate of drug-likeness (QED) is 0.548. The number of hydrogen-bond donors (Lipinski definition) is 1. The van der Waals surface area contributed by atoms with Crippen molar-refractivity contribution in [3.63, 3.8) is 0 Å². The number of carbonyl (C=O) groups is 1. The molecular formula is C27H32F3N3O3. The van der Waals surface area contributed by atoms with E-state index < -0.39 is 12.8 Å². The lowest BCUT2D eigenvalue weighted by molar-refractivity contribution is -0.154. The minimum atomic E-state index is -4.38. The Morgan fingerprint density at radius 1 is 1.14 bits per heavy atom. The number of carbonyl (C=O) groups excluding carboxylic acids is 1. The highest BCUT2D eigenvalue weighted by atomic mass is 19.4. The minimum Gasteiger partial charge on any atom is -0.468 e. The summed E-state index contributed by atoms with van der Waals surface area (Å²) in [6.07, 6.45) is 3.28. The number of amides is 1. The standard InChI is InChI=1S/C27H32F3N3O3/c28-27(29,30)19-36-26-11-7-21-12-15-33(17-14-24(21)32-26)16-13-23-9-8-22(18-35-23)31-25(34)10-6-20-4-2-1-3-5-20/h1-7,10-11,22-23H,8-9,12-19H2,(H,31,34)/b10-6+/t22-,23+/m0/s1. The molecular weight excluding hydrogens is 471 g/mol. The van der Waals surface area contributed by atoms with E-state index in [-0.39, 0.29) is 23.9 Å². The Kier molecular flexibility index (Phi) is 8.98. The van der Waals surface area contributed by atoms with Gasteiger partial charge < -0.3 is 19.7 Å². The first-order chi connectivity index (χ1) is 17.3. The molecule has 2 aliphatic rings. The first-order valence-corrected chi connectivity index (χ1v) is 12.4. The average Bonchev–Trinajstić information content (AvgIpc) is 3.08. The highest BCUT2D eigenvalue weighted by Crippen LogP contribution is 2.22. The maximum atomic E-state index is 12.4. The van der Waals surface area contributed by atoms with E-state index in [0.717, 1.165) is 62.1 Å². The van der Waals surface area contributed by atoms with Crippen LogP contribution in [0.1, 0.15) is 36.1 Å². The molecule has 1 aromatic carbocycles. The fourth-order valence-corrected chi connectivity index (χ4v) is 4.53. The van der Waals surface area contributed by atoms with E-state index >= 15 is 0 Å². The number of rotatable bonds is 8. The molecule has 1 N–H and O–H groups in total. The molecule has 0 unspecified atom stereocenters. The van der Waals surface area contributed by atoms with Gasteiger partial charge in [-0.1, -0.05) is 36.4 Å². The predicted molar refractivity (Wildman–Crippen MR) is 131 cm³/mol. The molecule has 1 amide bonds. The van der Waals surface area contributed by atoms with Crippen LogP contribution in [0.15, 0.2) is 48.5 Å². The summed E-state index contributed by atoms with van der Waals surface area (Å²) in [4.78, 5) is 18.9. The average molecular weight is 504 g/mol. The maximum Gasteiger partial charge on any atom is 0.422 e. The lowest BCUT2D eigenvalue weighted by Crippen LogP contribution is -2.43. The molecule has 0 bridgehead atoms. The van der Waals surface area contributed by atoms with Crippen molar-refractivity contribution in [2.24, 2.45) is 0 Å². The molecule has 0 radical (unpaired) electrons. The van der Waals surface area contributed by atoms with Crippen molar-refractivity contribution >= 4 is 12.0 Å². The largest absolute Gasteiger partial charge is 0.468 e. The van der Waals surface area contributed by atoms with Crippen LogP contribution < -0.4 is 10.1 Å². The van der Waals surface area contributed by atoms with Crippen molar-refractivity contribution in [2.45, 2.75) is 50.4 Å². The van der Waals surface area contributed by atoms with Gasteiger partial charge in [0.1, 0.15) is 0 Å². The van der Waals surface area contributed by atoms with E-state index in [2.05, 4.69) is 15.2 Å². The molecule has 1 fully saturated rings. The van der Waals surface area contributed by atoms with Gasteiger partial charge in [-0.15, -0.1) is 0 Å². The van der Waals surface area contributed by atoms with Crippen molar-refractivity contribution in [3.8, 4) is 5.88 Å². The van der Waals surface area contributed by atoms with Crippen LogP contribution in [0.25, 0.3) is 6.08 Å². The molecule has 1 saturated heterocycles. The van der Waals surface area contributed by atoms with Crippen molar-refractivity contribution in [1.29, 1.82) is 0 Å². The van der Waals surface area contributed by atoms with Crippen LogP contribution in [0, 0.1) is 0 Å². The summed E-state index contributed by atoms with van der Waals surface area (Å²) in [5.74, 6) is -0.0945. The van der Waals surface area contributed by atoms with Gasteiger partial charge in [0.25, 0.3) is 0 Å². The molecule has 6 nitrogen and oxygen atoms in total. The first kappa shape index (κ1) is 26.2. The molecule has 2 atom stereocenters. The third kappa shape index (κ3) is 8.34. The second-order valence-corrected chi connectivity index (χ2v) is 9.27. The molecule has 0 aliphatic carbocycles. The third-order valence-corrected chi connectivity index (χ3v) is 6.50. The number of fused-ring (bicyclic) bond motifs is 1. The second kappa shape index (κ2) is 12.4. The van der Waals surface area contributed by atoms with Gasteiger partial charge in [-0.25, -0.2) is 4.98 Å². The lowest BCUT2D eigenvalue weighted by Gasteiger charge is -2.31. The summed E-state index contributed by atoms with van der Waals surface area (Å²) in [6.45, 7) is 1.72. The van der Waals surface area contributed by atoms with Crippen LogP contribution in [0.3, 0.4) is 0 Å². The lowest BCUT2D eigenvalue weighted by atomic mass is 10.0. The smallest absolute Gasteiger partial charge is 0.422 e. The molecule has 0 saturated carbocycles. The summed E-state index contributed by atoms with van der Waals surface area (Å²) in [5.41, 5.74) is 2.85. The van der Waals surface area contributed by atoms with Gasteiger partial charge in [0.05, 0.1) is 18.8 Å². The van der Waals surface area contributed by atoms with E-state index in [9.17, 15) is 18.0 Å². The number of ether oxygens (including phenoxy) is 2. The van der Waals surface area contributed by atoms with Crippen molar-refractivity contribution in [1.82, 2.24) is 15.2 Å². The Balaban J connectivity index is 1.15. The molecule has 36 heavy (non-hydrogen) atoms. The number of aromatic nitrogens is 1. The number of alkyl halides is 3.